The van der Waals surface area contributed by atoms with Crippen molar-refractivity contribution in [2.45, 2.75) is 25.6 Å². The lowest BCUT2D eigenvalue weighted by Gasteiger charge is -2.12. The van der Waals surface area contributed by atoms with Crippen molar-refractivity contribution in [2.24, 2.45) is 4.99 Å². The van der Waals surface area contributed by atoms with E-state index in [-0.39, 0.29) is 16.1 Å². The van der Waals surface area contributed by atoms with Crippen LogP contribution in [0.2, 0.25) is 5.02 Å². The lowest BCUT2D eigenvalue weighted by molar-refractivity contribution is -0.274. The maximum Gasteiger partial charge on any atom is 0.573 e. The molecular formula is C27H17ClF4N4O2. The third-order valence-electron chi connectivity index (χ3n) is 5.81. The van der Waals surface area contributed by atoms with Gasteiger partial charge in [-0.25, -0.2) is 14.4 Å². The van der Waals surface area contributed by atoms with Crippen LogP contribution >= 0.6 is 11.6 Å². The predicted octanol–water partition coefficient (Wildman–Crippen LogP) is 6.50. The van der Waals surface area contributed by atoms with Crippen molar-refractivity contribution >= 4 is 29.3 Å². The van der Waals surface area contributed by atoms with Crippen LogP contribution in [-0.2, 0) is 19.3 Å². The molecule has 0 spiro atoms. The summed E-state index contributed by atoms with van der Waals surface area (Å²) in [6.45, 7) is 0. The summed E-state index contributed by atoms with van der Waals surface area (Å²) in [5.41, 5.74) is 4.19. The minimum Gasteiger partial charge on any atom is -0.406 e. The van der Waals surface area contributed by atoms with Gasteiger partial charge in [-0.05, 0) is 47.5 Å². The Labute approximate surface area is 219 Å². The molecule has 0 aliphatic carbocycles. The second-order valence-corrected chi connectivity index (χ2v) is 8.89. The molecule has 0 N–H and O–H groups in total. The molecule has 0 saturated heterocycles. The van der Waals surface area contributed by atoms with Crippen LogP contribution in [0.15, 0.2) is 66.0 Å². The number of aliphatic imine (C=N–C) groups is 1. The van der Waals surface area contributed by atoms with Crippen molar-refractivity contribution in [3.63, 3.8) is 0 Å². The normalized spacial score (nSPS) is 12.4. The minimum absolute atomic E-state index is 0.0794. The molecule has 0 fully saturated rings. The highest BCUT2D eigenvalue weighted by Crippen LogP contribution is 2.35. The van der Waals surface area contributed by atoms with Crippen molar-refractivity contribution in [1.29, 1.82) is 0 Å². The maximum atomic E-state index is 14.7. The number of carbonyl (C=O) groups excluding carboxylic acids is 1. The van der Waals surface area contributed by atoms with Crippen LogP contribution in [-0.4, -0.2) is 33.3 Å². The Hall–Kier alpha value is -4.18. The number of carbonyl (C=O) groups is 1. The third kappa shape index (κ3) is 5.70. The van der Waals surface area contributed by atoms with E-state index in [1.54, 1.807) is 24.5 Å². The number of pyridine rings is 1. The maximum absolute atomic E-state index is 14.7. The average Bonchev–Trinajstić information content (AvgIpc) is 3.34. The van der Waals surface area contributed by atoms with Crippen LogP contribution in [0.4, 0.5) is 23.2 Å². The van der Waals surface area contributed by atoms with Crippen molar-refractivity contribution in [3.05, 3.63) is 100.0 Å². The van der Waals surface area contributed by atoms with Gasteiger partial charge in [0.25, 0.3) is 0 Å². The molecule has 4 aromatic rings. The zero-order chi connectivity index (χ0) is 26.9. The first-order chi connectivity index (χ1) is 18.2. The quantitative estimate of drug-likeness (QED) is 0.197. The van der Waals surface area contributed by atoms with E-state index in [4.69, 9.17) is 11.6 Å². The monoisotopic (exact) mass is 540 g/mol. The van der Waals surface area contributed by atoms with Gasteiger partial charge in [0.05, 0.1) is 11.4 Å². The molecule has 192 valence electrons. The molecule has 0 saturated carbocycles. The van der Waals surface area contributed by atoms with Gasteiger partial charge < -0.3 is 4.74 Å². The number of hydrogen-bond donors (Lipinski definition) is 0. The number of Topliss-reactive ketones (excluding diaryl/α,β-unsaturated/α-hetero) is 1. The Morgan fingerprint density at radius 3 is 2.71 bits per heavy atom. The largest absolute Gasteiger partial charge is 0.573 e. The average molecular weight is 541 g/mol. The molecule has 1 aliphatic rings. The Morgan fingerprint density at radius 1 is 1.05 bits per heavy atom. The second kappa shape index (κ2) is 10.3. The number of nitrogens with zero attached hydrogens (tertiary/aromatic N) is 4. The lowest BCUT2D eigenvalue weighted by atomic mass is 9.97. The molecule has 0 bridgehead atoms. The van der Waals surface area contributed by atoms with E-state index in [2.05, 4.69) is 24.7 Å². The molecule has 6 nitrogen and oxygen atoms in total. The van der Waals surface area contributed by atoms with Crippen LogP contribution in [0, 0.1) is 5.82 Å². The van der Waals surface area contributed by atoms with E-state index in [0.29, 0.717) is 35.5 Å². The van der Waals surface area contributed by atoms with Crippen LogP contribution in [0.1, 0.15) is 32.9 Å². The fourth-order valence-electron chi connectivity index (χ4n) is 4.17. The number of benzene rings is 2. The molecule has 0 unspecified atom stereocenters. The number of fused-ring (bicyclic) bond motifs is 1. The molecule has 1 aliphatic heterocycles. The van der Waals surface area contributed by atoms with Gasteiger partial charge in [0.15, 0.2) is 5.78 Å². The van der Waals surface area contributed by atoms with Gasteiger partial charge in [-0.3, -0.25) is 14.8 Å². The summed E-state index contributed by atoms with van der Waals surface area (Å²) in [7, 11) is 0. The van der Waals surface area contributed by atoms with Gasteiger partial charge >= 0.3 is 6.36 Å². The van der Waals surface area contributed by atoms with E-state index < -0.39 is 30.1 Å². The summed E-state index contributed by atoms with van der Waals surface area (Å²) < 4.78 is 56.4. The number of ketones is 1. The smallest absolute Gasteiger partial charge is 0.406 e. The summed E-state index contributed by atoms with van der Waals surface area (Å²) >= 11 is 5.87. The molecule has 0 atom stereocenters. The Balaban J connectivity index is 1.40. The van der Waals surface area contributed by atoms with Crippen LogP contribution in [0.5, 0.6) is 5.75 Å². The van der Waals surface area contributed by atoms with Crippen molar-refractivity contribution in [3.8, 4) is 17.0 Å². The third-order valence-corrected chi connectivity index (χ3v) is 6.03. The van der Waals surface area contributed by atoms with E-state index in [1.807, 2.05) is 6.07 Å². The van der Waals surface area contributed by atoms with Crippen molar-refractivity contribution < 1.29 is 27.1 Å². The molecule has 11 heteroatoms. The molecule has 0 amide bonds. The topological polar surface area (TPSA) is 77.3 Å². The Bertz CT molecular complexity index is 1570. The first kappa shape index (κ1) is 25.5. The summed E-state index contributed by atoms with van der Waals surface area (Å²) in [6.07, 6.45) is 0.454. The molecule has 2 aromatic heterocycles. The van der Waals surface area contributed by atoms with Gasteiger partial charge in [0.1, 0.15) is 29.3 Å². The molecular weight excluding hydrogens is 524 g/mol. The second-order valence-electron chi connectivity index (χ2n) is 8.46. The van der Waals surface area contributed by atoms with Crippen LogP contribution in [0.25, 0.3) is 11.3 Å². The number of hydrogen-bond acceptors (Lipinski definition) is 6. The zero-order valence-electron chi connectivity index (χ0n) is 19.5. The SMILES string of the molecule is O=C(Cc1cc(Cc2ncccc2-c2ncnc3c2N=CC3)ccc1F)c1cc(Cl)cc(OC(F)(F)F)c1. The highest BCUT2D eigenvalue weighted by atomic mass is 35.5. The Kier molecular flexibility index (Phi) is 6.90. The molecule has 0 radical (unpaired) electrons. The fraction of sp³-hybridized carbons (Fsp3) is 0.148. The van der Waals surface area contributed by atoms with Gasteiger partial charge in [-0.2, -0.15) is 0 Å². The van der Waals surface area contributed by atoms with Crippen LogP contribution in [0.3, 0.4) is 0 Å². The minimum atomic E-state index is -4.95. The number of ether oxygens (including phenoxy) is 1. The number of alkyl halides is 3. The molecule has 3 heterocycles. The highest BCUT2D eigenvalue weighted by Gasteiger charge is 2.31. The first-order valence-corrected chi connectivity index (χ1v) is 11.7. The Morgan fingerprint density at radius 2 is 1.89 bits per heavy atom. The first-order valence-electron chi connectivity index (χ1n) is 11.3. The summed E-state index contributed by atoms with van der Waals surface area (Å²) in [6, 6.07) is 11.1. The number of rotatable bonds is 7. The van der Waals surface area contributed by atoms with E-state index in [1.165, 1.54) is 24.5 Å². The zero-order valence-corrected chi connectivity index (χ0v) is 20.2. The predicted molar refractivity (Wildman–Crippen MR) is 132 cm³/mol. The highest BCUT2D eigenvalue weighted by molar-refractivity contribution is 6.31. The van der Waals surface area contributed by atoms with Gasteiger partial charge in [0, 0.05) is 47.8 Å². The van der Waals surface area contributed by atoms with Gasteiger partial charge in [-0.15, -0.1) is 13.2 Å². The molecule has 38 heavy (non-hydrogen) atoms. The lowest BCUT2D eigenvalue weighted by Crippen LogP contribution is -2.17. The number of halogens is 5. The summed E-state index contributed by atoms with van der Waals surface area (Å²) in [5.74, 6) is -1.88. The summed E-state index contributed by atoms with van der Waals surface area (Å²) in [4.78, 5) is 30.4. The van der Waals surface area contributed by atoms with Crippen LogP contribution < -0.4 is 4.74 Å². The van der Waals surface area contributed by atoms with Gasteiger partial charge in [-0.1, -0.05) is 23.7 Å². The van der Waals surface area contributed by atoms with E-state index in [9.17, 15) is 22.4 Å². The van der Waals surface area contributed by atoms with Crippen molar-refractivity contribution in [1.82, 2.24) is 15.0 Å². The molecule has 2 aromatic carbocycles. The standard InChI is InChI=1S/C27H17ClF4N4O2/c28-18-10-17(11-19(13-18)38-27(30,31)32)24(37)12-16-8-15(3-4-21(16)29)9-23-20(2-1-6-33-23)25-26-22(5-7-34-26)35-14-36-25/h1-4,6-8,10-11,13-14H,5,9,12H2. The number of aromatic nitrogens is 3. The van der Waals surface area contributed by atoms with E-state index >= 15 is 0 Å². The molecule has 5 rings (SSSR count). The van der Waals surface area contributed by atoms with Crippen molar-refractivity contribution in [2.75, 3.05) is 0 Å². The summed E-state index contributed by atoms with van der Waals surface area (Å²) in [5, 5.41) is -0.118. The van der Waals surface area contributed by atoms with Gasteiger partial charge in [0.2, 0.25) is 0 Å². The fourth-order valence-corrected chi connectivity index (χ4v) is 4.40. The van der Waals surface area contributed by atoms with E-state index in [0.717, 1.165) is 23.4 Å².